The van der Waals surface area contributed by atoms with E-state index in [1.807, 2.05) is 0 Å². The predicted molar refractivity (Wildman–Crippen MR) is 77.0 cm³/mol. The van der Waals surface area contributed by atoms with Crippen LogP contribution < -0.4 is 0 Å². The van der Waals surface area contributed by atoms with E-state index >= 15 is 0 Å². The van der Waals surface area contributed by atoms with Gasteiger partial charge in [-0.1, -0.05) is 31.3 Å². The Morgan fingerprint density at radius 2 is 1.67 bits per heavy atom. The van der Waals surface area contributed by atoms with Gasteiger partial charge in [-0.3, -0.25) is 0 Å². The van der Waals surface area contributed by atoms with Gasteiger partial charge in [-0.25, -0.2) is 8.42 Å². The minimum absolute atomic E-state index is 0.344. The van der Waals surface area contributed by atoms with E-state index in [9.17, 15) is 13.5 Å². The van der Waals surface area contributed by atoms with Crippen LogP contribution in [-0.4, -0.2) is 37.7 Å². The van der Waals surface area contributed by atoms with Gasteiger partial charge in [0.15, 0.2) is 9.84 Å². The molecule has 0 saturated carbocycles. The molecular weight excluding hydrogens is 264 g/mol. The van der Waals surface area contributed by atoms with Crippen LogP contribution in [0, 0.1) is 0 Å². The number of aliphatic hydroxyl groups is 1. The zero-order valence-electron chi connectivity index (χ0n) is 11.6. The molecule has 3 nitrogen and oxygen atoms in total. The minimum atomic E-state index is -3.00. The average molecular weight is 288 g/mol. The van der Waals surface area contributed by atoms with Crippen molar-refractivity contribution < 1.29 is 13.5 Å². The standard InChI is InChI=1S/C13H24O3SSi/c1-10(18(2,3)4)13(14)8-11-6-5-7-12(9-13)17(11,15)16/h11-12,14H,1,5-9H2,2-4H3. The number of hydrogen-bond donors (Lipinski definition) is 1. The Kier molecular flexibility index (Phi) is 3.32. The van der Waals surface area contributed by atoms with E-state index in [-0.39, 0.29) is 10.5 Å². The van der Waals surface area contributed by atoms with Gasteiger partial charge in [-0.05, 0) is 25.7 Å². The molecule has 2 saturated heterocycles. The van der Waals surface area contributed by atoms with Crippen LogP contribution >= 0.6 is 0 Å². The first-order valence-corrected chi connectivity index (χ1v) is 11.8. The second kappa shape index (κ2) is 4.18. The minimum Gasteiger partial charge on any atom is -0.386 e. The summed E-state index contributed by atoms with van der Waals surface area (Å²) >= 11 is 0. The molecule has 2 unspecified atom stereocenters. The highest BCUT2D eigenvalue weighted by Crippen LogP contribution is 2.45. The molecule has 2 rings (SSSR count). The molecule has 104 valence electrons. The molecule has 2 fully saturated rings. The van der Waals surface area contributed by atoms with Crippen molar-refractivity contribution in [2.24, 2.45) is 0 Å². The van der Waals surface area contributed by atoms with Crippen LogP contribution in [0.25, 0.3) is 0 Å². The summed E-state index contributed by atoms with van der Waals surface area (Å²) in [7, 11) is -4.66. The highest BCUT2D eigenvalue weighted by atomic mass is 32.2. The second-order valence-electron chi connectivity index (χ2n) is 6.93. The lowest BCUT2D eigenvalue weighted by molar-refractivity contribution is 0.0512. The molecule has 0 amide bonds. The lowest BCUT2D eigenvalue weighted by atomic mass is 9.85. The van der Waals surface area contributed by atoms with Crippen molar-refractivity contribution in [3.8, 4) is 0 Å². The van der Waals surface area contributed by atoms with Gasteiger partial charge in [0, 0.05) is 0 Å². The largest absolute Gasteiger partial charge is 0.386 e. The molecule has 0 aromatic heterocycles. The Morgan fingerprint density at radius 1 is 1.22 bits per heavy atom. The van der Waals surface area contributed by atoms with E-state index in [0.717, 1.165) is 11.6 Å². The summed E-state index contributed by atoms with van der Waals surface area (Å²) in [6.45, 7) is 10.6. The molecule has 18 heavy (non-hydrogen) atoms. The normalized spacial score (nSPS) is 39.3. The van der Waals surface area contributed by atoms with Crippen LogP contribution in [0.4, 0.5) is 0 Å². The molecule has 0 aliphatic carbocycles. The highest BCUT2D eigenvalue weighted by Gasteiger charge is 2.52. The Balaban J connectivity index is 2.33. The fraction of sp³-hybridized carbons (Fsp3) is 0.846. The third-order valence-corrected chi connectivity index (χ3v) is 9.52. The SMILES string of the molecule is C=C(C1(O)CC2CCCC(C1)S2(=O)=O)[Si](C)(C)C. The lowest BCUT2D eigenvalue weighted by Crippen LogP contribution is -2.55. The smallest absolute Gasteiger partial charge is 0.156 e. The monoisotopic (exact) mass is 288 g/mol. The van der Waals surface area contributed by atoms with Gasteiger partial charge in [0.2, 0.25) is 0 Å². The van der Waals surface area contributed by atoms with Crippen molar-refractivity contribution in [3.05, 3.63) is 11.8 Å². The molecule has 0 aromatic carbocycles. The third kappa shape index (κ3) is 2.21. The zero-order valence-corrected chi connectivity index (χ0v) is 13.4. The van der Waals surface area contributed by atoms with E-state index in [2.05, 4.69) is 26.2 Å². The Hall–Kier alpha value is -0.133. The summed E-state index contributed by atoms with van der Waals surface area (Å²) < 4.78 is 24.5. The first-order valence-electron chi connectivity index (χ1n) is 6.72. The molecule has 0 spiro atoms. The molecular formula is C13H24O3SSi. The summed E-state index contributed by atoms with van der Waals surface area (Å²) in [6, 6.07) is 0. The second-order valence-corrected chi connectivity index (χ2v) is 14.5. The predicted octanol–water partition coefficient (Wildman–Crippen LogP) is 2.28. The fourth-order valence-corrected chi connectivity index (χ4v) is 7.54. The Bertz CT molecular complexity index is 441. The van der Waals surface area contributed by atoms with Gasteiger partial charge in [0.05, 0.1) is 24.2 Å². The van der Waals surface area contributed by atoms with Crippen LogP contribution in [0.15, 0.2) is 11.8 Å². The van der Waals surface area contributed by atoms with Crippen LogP contribution in [0.1, 0.15) is 32.1 Å². The van der Waals surface area contributed by atoms with Crippen molar-refractivity contribution >= 4 is 17.9 Å². The number of rotatable bonds is 2. The number of fused-ring (bicyclic) bond motifs is 2. The molecule has 0 radical (unpaired) electrons. The quantitative estimate of drug-likeness (QED) is 0.793. The Morgan fingerprint density at radius 3 is 2.06 bits per heavy atom. The fourth-order valence-electron chi connectivity index (χ4n) is 3.39. The summed E-state index contributed by atoms with van der Waals surface area (Å²) in [4.78, 5) is 0. The van der Waals surface area contributed by atoms with Crippen molar-refractivity contribution in [2.75, 3.05) is 0 Å². The van der Waals surface area contributed by atoms with Crippen LogP contribution in [0.2, 0.25) is 19.6 Å². The molecule has 2 atom stereocenters. The third-order valence-electron chi connectivity index (χ3n) is 4.58. The first kappa shape index (κ1) is 14.3. The van der Waals surface area contributed by atoms with Gasteiger partial charge < -0.3 is 5.11 Å². The number of hydrogen-bond acceptors (Lipinski definition) is 3. The number of sulfone groups is 1. The first-order chi connectivity index (χ1) is 8.07. The lowest BCUT2D eigenvalue weighted by Gasteiger charge is -2.47. The molecule has 2 heterocycles. The Labute approximate surface area is 111 Å². The molecule has 2 bridgehead atoms. The molecule has 2 aliphatic heterocycles. The van der Waals surface area contributed by atoms with E-state index in [4.69, 9.17) is 0 Å². The van der Waals surface area contributed by atoms with Gasteiger partial charge in [0.1, 0.15) is 0 Å². The van der Waals surface area contributed by atoms with Gasteiger partial charge in [-0.2, -0.15) is 0 Å². The maximum absolute atomic E-state index is 12.2. The van der Waals surface area contributed by atoms with E-state index < -0.39 is 23.5 Å². The summed E-state index contributed by atoms with van der Waals surface area (Å²) in [6.07, 6.45) is 3.13. The van der Waals surface area contributed by atoms with E-state index in [0.29, 0.717) is 25.7 Å². The van der Waals surface area contributed by atoms with Crippen molar-refractivity contribution in [1.82, 2.24) is 0 Å². The van der Waals surface area contributed by atoms with Crippen LogP contribution in [0.3, 0.4) is 0 Å². The molecule has 5 heteroatoms. The maximum Gasteiger partial charge on any atom is 0.156 e. The van der Waals surface area contributed by atoms with E-state index in [1.54, 1.807) is 0 Å². The van der Waals surface area contributed by atoms with Gasteiger partial charge >= 0.3 is 0 Å². The van der Waals surface area contributed by atoms with Crippen molar-refractivity contribution in [1.29, 1.82) is 0 Å². The molecule has 0 aromatic rings. The highest BCUT2D eigenvalue weighted by molar-refractivity contribution is 7.92. The van der Waals surface area contributed by atoms with Gasteiger partial charge in [0.25, 0.3) is 0 Å². The van der Waals surface area contributed by atoms with Crippen LogP contribution in [0.5, 0.6) is 0 Å². The van der Waals surface area contributed by atoms with Crippen LogP contribution in [-0.2, 0) is 9.84 Å². The topological polar surface area (TPSA) is 54.4 Å². The van der Waals surface area contributed by atoms with E-state index in [1.165, 1.54) is 0 Å². The summed E-state index contributed by atoms with van der Waals surface area (Å²) in [5.74, 6) is 0. The maximum atomic E-state index is 12.2. The molecule has 1 N–H and O–H groups in total. The summed E-state index contributed by atoms with van der Waals surface area (Å²) in [5, 5.41) is 11.1. The van der Waals surface area contributed by atoms with Gasteiger partial charge in [-0.15, -0.1) is 6.58 Å². The zero-order chi connectivity index (χ0) is 13.8. The average Bonchev–Trinajstić information content (AvgIpc) is 2.18. The van der Waals surface area contributed by atoms with Crippen molar-refractivity contribution in [2.45, 2.75) is 67.8 Å². The molecule has 2 aliphatic rings. The summed E-state index contributed by atoms with van der Waals surface area (Å²) in [5.41, 5.74) is -0.939. The van der Waals surface area contributed by atoms with Crippen molar-refractivity contribution in [3.63, 3.8) is 0 Å².